The Balaban J connectivity index is 1.30. The predicted octanol–water partition coefficient (Wildman–Crippen LogP) is 0.769. The Kier molecular flexibility index (Phi) is 6.35. The quantitative estimate of drug-likeness (QED) is 0.245. The van der Waals surface area contributed by atoms with E-state index in [4.69, 9.17) is 4.99 Å². The van der Waals surface area contributed by atoms with Crippen molar-refractivity contribution in [2.75, 3.05) is 25.5 Å². The highest BCUT2D eigenvalue weighted by Crippen LogP contribution is 2.23. The van der Waals surface area contributed by atoms with Gasteiger partial charge >= 0.3 is 5.69 Å². The molecule has 0 unspecified atom stereocenters. The van der Waals surface area contributed by atoms with Crippen molar-refractivity contribution in [1.82, 2.24) is 34.8 Å². The number of nitrogens with zero attached hydrogens (tertiary/aromatic N) is 5. The molecule has 2 aliphatic rings. The topological polar surface area (TPSA) is 156 Å². The maximum absolute atomic E-state index is 15.1. The van der Waals surface area contributed by atoms with Crippen molar-refractivity contribution < 1.29 is 14.3 Å². The molecular formula is C26H28FN9O3. The molecule has 0 radical (unpaired) electrons. The number of rotatable bonds is 6. The fraction of sp³-hybridized carbons (Fsp3) is 0.346. The van der Waals surface area contributed by atoms with Gasteiger partial charge in [0, 0.05) is 22.9 Å². The highest BCUT2D eigenvalue weighted by atomic mass is 19.1. The van der Waals surface area contributed by atoms with Crippen molar-refractivity contribution in [2.45, 2.75) is 37.8 Å². The Bertz CT molecular complexity index is 1730. The van der Waals surface area contributed by atoms with E-state index < -0.39 is 11.5 Å². The normalized spacial score (nSPS) is 17.7. The minimum atomic E-state index is -0.594. The Labute approximate surface area is 221 Å². The maximum Gasteiger partial charge on any atom is 0.326 e. The fourth-order valence-electron chi connectivity index (χ4n) is 4.58. The van der Waals surface area contributed by atoms with Gasteiger partial charge < -0.3 is 25.6 Å². The van der Waals surface area contributed by atoms with Crippen LogP contribution in [0.25, 0.3) is 11.7 Å². The second kappa shape index (κ2) is 9.98. The summed E-state index contributed by atoms with van der Waals surface area (Å²) in [6, 6.07) is 6.24. The summed E-state index contributed by atoms with van der Waals surface area (Å²) in [5.74, 6) is -0.876. The largest absolute Gasteiger partial charge is 0.493 e. The number of fused-ring (bicyclic) bond motifs is 1. The van der Waals surface area contributed by atoms with Crippen molar-refractivity contribution in [1.29, 1.82) is 0 Å². The minimum Gasteiger partial charge on any atom is -0.493 e. The van der Waals surface area contributed by atoms with Gasteiger partial charge in [-0.15, -0.1) is 0 Å². The van der Waals surface area contributed by atoms with E-state index in [-0.39, 0.29) is 40.8 Å². The highest BCUT2D eigenvalue weighted by molar-refractivity contribution is 5.94. The van der Waals surface area contributed by atoms with E-state index in [0.717, 1.165) is 38.8 Å². The lowest BCUT2D eigenvalue weighted by molar-refractivity contribution is 0.0916. The van der Waals surface area contributed by atoms with Crippen LogP contribution >= 0.6 is 0 Å². The maximum atomic E-state index is 15.1. The number of aromatic nitrogens is 5. The van der Waals surface area contributed by atoms with E-state index >= 15 is 4.39 Å². The van der Waals surface area contributed by atoms with Crippen LogP contribution in [0.15, 0.2) is 40.2 Å². The number of piperidine rings is 1. The summed E-state index contributed by atoms with van der Waals surface area (Å²) in [5, 5.41) is 20.8. The number of imidazole rings is 1. The molecule has 0 spiro atoms. The van der Waals surface area contributed by atoms with Gasteiger partial charge in [0.05, 0.1) is 17.9 Å². The number of benzene rings is 1. The molecular weight excluding hydrogens is 505 g/mol. The van der Waals surface area contributed by atoms with Crippen LogP contribution in [-0.4, -0.2) is 72.7 Å². The van der Waals surface area contributed by atoms with Crippen LogP contribution in [0.2, 0.25) is 0 Å². The summed E-state index contributed by atoms with van der Waals surface area (Å²) in [4.78, 5) is 40.5. The zero-order valence-electron chi connectivity index (χ0n) is 21.2. The molecule has 1 amide bonds. The molecule has 13 heteroatoms. The summed E-state index contributed by atoms with van der Waals surface area (Å²) in [7, 11) is 2.05. The van der Waals surface area contributed by atoms with Crippen LogP contribution in [0.4, 0.5) is 15.9 Å². The van der Waals surface area contributed by atoms with Gasteiger partial charge in [-0.1, -0.05) is 0 Å². The molecule has 202 valence electrons. The van der Waals surface area contributed by atoms with Crippen LogP contribution in [-0.2, 0) is 0 Å². The first-order valence-electron chi connectivity index (χ1n) is 12.8. The first-order valence-corrected chi connectivity index (χ1v) is 12.8. The van der Waals surface area contributed by atoms with E-state index in [2.05, 4.69) is 42.6 Å². The second-order valence-electron chi connectivity index (χ2n) is 10.1. The number of likely N-dealkylation sites (tertiary alicyclic amines) is 1. The number of hydrogen-bond donors (Lipinski definition) is 5. The number of H-pyrrole nitrogens is 2. The Morgan fingerprint density at radius 1 is 1.21 bits per heavy atom. The molecule has 1 saturated heterocycles. The molecule has 0 bridgehead atoms. The SMILES string of the molecule is CN1CCC(NC(=O)c2ccc(Nc3cc(=NC4CC4)n4nc/c(=C/c5[nH]c(=O)[nH]c5O)c4n3)c(F)c2)CC1. The summed E-state index contributed by atoms with van der Waals surface area (Å²) in [6.45, 7) is 1.82. The van der Waals surface area contributed by atoms with Crippen LogP contribution < -0.4 is 27.0 Å². The van der Waals surface area contributed by atoms with E-state index in [9.17, 15) is 14.7 Å². The van der Waals surface area contributed by atoms with Gasteiger partial charge in [0.25, 0.3) is 5.91 Å². The van der Waals surface area contributed by atoms with Crippen LogP contribution in [0.3, 0.4) is 0 Å². The van der Waals surface area contributed by atoms with Gasteiger partial charge in [-0.05, 0) is 70.1 Å². The van der Waals surface area contributed by atoms with Crippen molar-refractivity contribution in [3.63, 3.8) is 0 Å². The number of carbonyl (C=O) groups is 1. The third-order valence-electron chi connectivity index (χ3n) is 6.92. The molecule has 4 heterocycles. The van der Waals surface area contributed by atoms with Crippen molar-refractivity contribution in [2.24, 2.45) is 4.99 Å². The molecule has 3 aromatic heterocycles. The second-order valence-corrected chi connectivity index (χ2v) is 10.1. The Morgan fingerprint density at radius 2 is 2.00 bits per heavy atom. The molecule has 1 aliphatic heterocycles. The molecule has 0 atom stereocenters. The fourth-order valence-corrected chi connectivity index (χ4v) is 4.58. The Hall–Kier alpha value is -4.52. The summed E-state index contributed by atoms with van der Waals surface area (Å²) >= 11 is 0. The smallest absolute Gasteiger partial charge is 0.326 e. The average Bonchev–Trinajstić information content (AvgIpc) is 3.54. The predicted molar refractivity (Wildman–Crippen MR) is 141 cm³/mol. The number of carbonyl (C=O) groups excluding carboxylic acids is 1. The zero-order valence-corrected chi connectivity index (χ0v) is 21.2. The van der Waals surface area contributed by atoms with Crippen LogP contribution in [0, 0.1) is 5.82 Å². The number of nitrogens with one attached hydrogen (secondary N) is 4. The van der Waals surface area contributed by atoms with E-state index in [1.165, 1.54) is 18.2 Å². The lowest BCUT2D eigenvalue weighted by Gasteiger charge is -2.29. The number of halogens is 1. The molecule has 1 saturated carbocycles. The monoisotopic (exact) mass is 533 g/mol. The average molecular weight is 534 g/mol. The van der Waals surface area contributed by atoms with Crippen molar-refractivity contribution in [3.05, 3.63) is 68.7 Å². The molecule has 5 N–H and O–H groups in total. The summed E-state index contributed by atoms with van der Waals surface area (Å²) < 4.78 is 16.7. The van der Waals surface area contributed by atoms with Crippen LogP contribution in [0.1, 0.15) is 41.7 Å². The molecule has 1 aliphatic carbocycles. The number of amides is 1. The molecule has 39 heavy (non-hydrogen) atoms. The van der Waals surface area contributed by atoms with Crippen molar-refractivity contribution >= 4 is 29.1 Å². The third kappa shape index (κ3) is 5.39. The molecule has 6 rings (SSSR count). The summed E-state index contributed by atoms with van der Waals surface area (Å²) in [5.41, 5.74) is 0.960. The van der Waals surface area contributed by atoms with Crippen LogP contribution in [0.5, 0.6) is 5.88 Å². The number of aromatic hydroxyl groups is 1. The molecule has 12 nitrogen and oxygen atoms in total. The number of hydrogen-bond acceptors (Lipinski definition) is 8. The Morgan fingerprint density at radius 3 is 2.69 bits per heavy atom. The van der Waals surface area contributed by atoms with E-state index in [1.807, 2.05) is 0 Å². The third-order valence-corrected chi connectivity index (χ3v) is 6.92. The van der Waals surface area contributed by atoms with Gasteiger partial charge in [0.2, 0.25) is 5.88 Å². The van der Waals surface area contributed by atoms with Gasteiger partial charge in [0.15, 0.2) is 11.1 Å². The lowest BCUT2D eigenvalue weighted by Crippen LogP contribution is -2.43. The van der Waals surface area contributed by atoms with E-state index in [1.54, 1.807) is 22.8 Å². The summed E-state index contributed by atoms with van der Waals surface area (Å²) in [6.07, 6.45) is 6.75. The van der Waals surface area contributed by atoms with Crippen molar-refractivity contribution in [3.8, 4) is 5.88 Å². The number of anilines is 2. The zero-order chi connectivity index (χ0) is 27.1. The number of aromatic amines is 2. The highest BCUT2D eigenvalue weighted by Gasteiger charge is 2.21. The lowest BCUT2D eigenvalue weighted by atomic mass is 10.0. The van der Waals surface area contributed by atoms with Gasteiger partial charge in [-0.3, -0.25) is 14.8 Å². The first-order chi connectivity index (χ1) is 18.8. The minimum absolute atomic E-state index is 0.0757. The molecule has 2 fully saturated rings. The first kappa shape index (κ1) is 24.8. The van der Waals surface area contributed by atoms with Gasteiger partial charge in [0.1, 0.15) is 17.3 Å². The van der Waals surface area contributed by atoms with Gasteiger partial charge in [-0.25, -0.2) is 14.2 Å². The van der Waals surface area contributed by atoms with Gasteiger partial charge in [-0.2, -0.15) is 9.61 Å². The molecule has 1 aromatic carbocycles. The molecule has 4 aromatic rings. The standard InChI is InChI=1S/C26H28FN9O3/c1-35-8-6-17(7-9-35)30-24(37)14-2-5-19(18(27)10-14)31-21-12-22(29-16-3-4-16)36-23(33-21)15(13-28-36)11-20-25(38)34-26(39)32-20/h2,5,10-13,16-17,31,38H,3-4,6-9H2,1H3,(H,30,37)(H2,32,34,39)/b15-11-,29-22?. The van der Waals surface area contributed by atoms with E-state index in [0.29, 0.717) is 22.2 Å².